The highest BCUT2D eigenvalue weighted by Crippen LogP contribution is 2.26. The number of allylic oxidation sites excluding steroid dienone is 3. The molecule has 0 bridgehead atoms. The van der Waals surface area contributed by atoms with Gasteiger partial charge in [-0.1, -0.05) is 30.8 Å². The Bertz CT molecular complexity index is 849. The molecule has 0 unspecified atom stereocenters. The lowest BCUT2D eigenvalue weighted by atomic mass is 10.1. The lowest BCUT2D eigenvalue weighted by molar-refractivity contribution is -0.126. The largest absolute Gasteiger partial charge is 0.393 e. The molecule has 0 saturated carbocycles. The highest BCUT2D eigenvalue weighted by Gasteiger charge is 2.23. The Morgan fingerprint density at radius 1 is 1.27 bits per heavy atom. The van der Waals surface area contributed by atoms with Crippen molar-refractivity contribution < 1.29 is 9.63 Å². The van der Waals surface area contributed by atoms with Gasteiger partial charge in [0.2, 0.25) is 0 Å². The Morgan fingerprint density at radius 3 is 2.70 bits per heavy atom. The van der Waals surface area contributed by atoms with Crippen LogP contribution in [0.4, 0.5) is 0 Å². The summed E-state index contributed by atoms with van der Waals surface area (Å²) < 4.78 is 0. The third kappa shape index (κ3) is 9.56. The van der Waals surface area contributed by atoms with Crippen LogP contribution in [0.2, 0.25) is 0 Å². The van der Waals surface area contributed by atoms with Gasteiger partial charge in [-0.15, -0.1) is 11.8 Å². The van der Waals surface area contributed by atoms with E-state index in [9.17, 15) is 4.79 Å². The van der Waals surface area contributed by atoms with Crippen LogP contribution in [0.15, 0.2) is 65.0 Å². The van der Waals surface area contributed by atoms with Crippen LogP contribution in [0.5, 0.6) is 0 Å². The van der Waals surface area contributed by atoms with E-state index in [2.05, 4.69) is 40.7 Å². The van der Waals surface area contributed by atoms with E-state index in [-0.39, 0.29) is 12.0 Å². The Balaban J connectivity index is 2.10. The van der Waals surface area contributed by atoms with Gasteiger partial charge in [0.1, 0.15) is 6.10 Å². The first-order valence-electron chi connectivity index (χ1n) is 11.7. The van der Waals surface area contributed by atoms with Crippen molar-refractivity contribution in [2.75, 3.05) is 31.9 Å². The molecule has 0 N–H and O–H groups in total. The van der Waals surface area contributed by atoms with Crippen molar-refractivity contribution in [3.05, 3.63) is 65.4 Å². The van der Waals surface area contributed by atoms with Gasteiger partial charge < -0.3 is 9.74 Å². The van der Waals surface area contributed by atoms with Crippen molar-refractivity contribution in [1.29, 1.82) is 0 Å². The molecule has 0 aliphatic carbocycles. The number of hydrogen-bond acceptors (Lipinski definition) is 6. The maximum Gasteiger partial charge on any atom is 0.254 e. The summed E-state index contributed by atoms with van der Waals surface area (Å²) in [6.07, 6.45) is 10.9. The number of hydrogen-bond donors (Lipinski definition) is 0. The molecule has 7 heteroatoms. The van der Waals surface area contributed by atoms with Gasteiger partial charge in [0, 0.05) is 56.4 Å². The molecule has 1 amide bonds. The van der Waals surface area contributed by atoms with E-state index >= 15 is 0 Å². The molecule has 1 aliphatic heterocycles. The average Bonchev–Trinajstić information content (AvgIpc) is 3.05. The highest BCUT2D eigenvalue weighted by atomic mass is 32.2. The standard InChI is InChI=1S/C26H38N4O2S/c1-6-8-10-24(25(7-2)33-20-22(5)28-32-21(3)4)26(31)30-16-9-15-29(17-18-30)19-23-11-13-27-14-12-23/h6,8,10-14,21H,1,7,9,15-20H2,2-5H3/b10-8-,25-24-,28-22+. The predicted octanol–water partition coefficient (Wildman–Crippen LogP) is 5.06. The molecular weight excluding hydrogens is 432 g/mol. The third-order valence-corrected chi connectivity index (χ3v) is 6.58. The molecule has 0 aromatic carbocycles. The van der Waals surface area contributed by atoms with Crippen LogP contribution in [0, 0.1) is 0 Å². The molecule has 1 aromatic heterocycles. The highest BCUT2D eigenvalue weighted by molar-refractivity contribution is 8.03. The first kappa shape index (κ1) is 26.9. The van der Waals surface area contributed by atoms with Crippen LogP contribution in [0.1, 0.15) is 46.1 Å². The molecule has 0 spiro atoms. The minimum absolute atomic E-state index is 0.0555. The first-order chi connectivity index (χ1) is 15.9. The second-order valence-corrected chi connectivity index (χ2v) is 9.40. The van der Waals surface area contributed by atoms with Crippen molar-refractivity contribution in [3.63, 3.8) is 0 Å². The fourth-order valence-corrected chi connectivity index (χ4v) is 4.43. The van der Waals surface area contributed by atoms with Crippen molar-refractivity contribution >= 4 is 23.4 Å². The van der Waals surface area contributed by atoms with E-state index in [1.54, 1.807) is 17.8 Å². The zero-order chi connectivity index (χ0) is 24.1. The molecule has 0 atom stereocenters. The number of aromatic nitrogens is 1. The number of nitrogens with zero attached hydrogens (tertiary/aromatic N) is 4. The second kappa shape index (κ2) is 14.7. The van der Waals surface area contributed by atoms with E-state index < -0.39 is 0 Å². The summed E-state index contributed by atoms with van der Waals surface area (Å²) in [5, 5.41) is 4.18. The Hall–Kier alpha value is -2.38. The summed E-state index contributed by atoms with van der Waals surface area (Å²) in [4.78, 5) is 28.5. The number of amides is 1. The van der Waals surface area contributed by atoms with Gasteiger partial charge in [-0.25, -0.2) is 0 Å². The molecule has 0 radical (unpaired) electrons. The van der Waals surface area contributed by atoms with E-state index in [0.29, 0.717) is 5.75 Å². The summed E-state index contributed by atoms with van der Waals surface area (Å²) in [5.41, 5.74) is 2.91. The number of carbonyl (C=O) groups is 1. The molecule has 2 heterocycles. The molecule has 2 rings (SSSR count). The van der Waals surface area contributed by atoms with Gasteiger partial charge in [-0.3, -0.25) is 14.7 Å². The van der Waals surface area contributed by atoms with E-state index in [4.69, 9.17) is 4.84 Å². The number of rotatable bonds is 11. The molecule has 1 aliphatic rings. The smallest absolute Gasteiger partial charge is 0.254 e. The Morgan fingerprint density at radius 2 is 2.03 bits per heavy atom. The minimum Gasteiger partial charge on any atom is -0.393 e. The van der Waals surface area contributed by atoms with E-state index in [0.717, 1.165) is 61.8 Å². The molecule has 1 aromatic rings. The maximum atomic E-state index is 13.6. The fourth-order valence-electron chi connectivity index (χ4n) is 3.48. The van der Waals surface area contributed by atoms with Crippen LogP contribution in [0.3, 0.4) is 0 Å². The molecule has 180 valence electrons. The summed E-state index contributed by atoms with van der Waals surface area (Å²) in [6, 6.07) is 4.11. The summed E-state index contributed by atoms with van der Waals surface area (Å²) in [6.45, 7) is 16.0. The van der Waals surface area contributed by atoms with E-state index in [1.165, 1.54) is 5.56 Å². The van der Waals surface area contributed by atoms with Crippen molar-refractivity contribution in [2.24, 2.45) is 5.16 Å². The lowest BCUT2D eigenvalue weighted by Gasteiger charge is -2.23. The topological polar surface area (TPSA) is 58.0 Å². The normalized spacial score (nSPS) is 16.6. The maximum absolute atomic E-state index is 13.6. The Labute approximate surface area is 203 Å². The quantitative estimate of drug-likeness (QED) is 0.196. The molecule has 6 nitrogen and oxygen atoms in total. The minimum atomic E-state index is 0.0555. The summed E-state index contributed by atoms with van der Waals surface area (Å²) in [5.74, 6) is 0.783. The van der Waals surface area contributed by atoms with Crippen LogP contribution in [0.25, 0.3) is 0 Å². The molecule has 33 heavy (non-hydrogen) atoms. The number of thioether (sulfide) groups is 1. The van der Waals surface area contributed by atoms with Gasteiger partial charge in [-0.2, -0.15) is 0 Å². The lowest BCUT2D eigenvalue weighted by Crippen LogP contribution is -2.36. The predicted molar refractivity (Wildman–Crippen MR) is 139 cm³/mol. The third-order valence-electron chi connectivity index (χ3n) is 5.16. The average molecular weight is 471 g/mol. The second-order valence-electron chi connectivity index (χ2n) is 8.33. The summed E-state index contributed by atoms with van der Waals surface area (Å²) >= 11 is 1.66. The fraction of sp³-hybridized carbons (Fsp3) is 0.500. The van der Waals surface area contributed by atoms with Crippen LogP contribution >= 0.6 is 11.8 Å². The number of carbonyl (C=O) groups excluding carboxylic acids is 1. The van der Waals surface area contributed by atoms with E-state index in [1.807, 2.05) is 50.2 Å². The molecule has 1 fully saturated rings. The zero-order valence-corrected chi connectivity index (χ0v) is 21.3. The van der Waals surface area contributed by atoms with Crippen LogP contribution in [-0.2, 0) is 16.2 Å². The van der Waals surface area contributed by atoms with Crippen molar-refractivity contribution in [2.45, 2.75) is 53.2 Å². The molecule has 1 saturated heterocycles. The Kier molecular flexibility index (Phi) is 12.0. The number of pyridine rings is 1. The van der Waals surface area contributed by atoms with Crippen molar-refractivity contribution in [1.82, 2.24) is 14.8 Å². The van der Waals surface area contributed by atoms with Crippen LogP contribution in [-0.4, -0.2) is 64.4 Å². The van der Waals surface area contributed by atoms with Gasteiger partial charge >= 0.3 is 0 Å². The first-order valence-corrected chi connectivity index (χ1v) is 12.7. The van der Waals surface area contributed by atoms with Gasteiger partial charge in [0.15, 0.2) is 0 Å². The number of oxime groups is 1. The van der Waals surface area contributed by atoms with Crippen molar-refractivity contribution in [3.8, 4) is 0 Å². The summed E-state index contributed by atoms with van der Waals surface area (Å²) in [7, 11) is 0. The molecular formula is C26H38N4O2S. The SMILES string of the molecule is C=C/C=C\C(C(=O)N1CCCN(Cc2ccncc2)CC1)=C(/CC)SC/C(C)=N/OC(C)C. The van der Waals surface area contributed by atoms with Gasteiger partial charge in [-0.05, 0) is 62.3 Å². The van der Waals surface area contributed by atoms with Gasteiger partial charge in [0.25, 0.3) is 5.91 Å². The van der Waals surface area contributed by atoms with Crippen LogP contribution < -0.4 is 0 Å². The van der Waals surface area contributed by atoms with Gasteiger partial charge in [0.05, 0.1) is 5.71 Å². The monoisotopic (exact) mass is 470 g/mol. The zero-order valence-electron chi connectivity index (χ0n) is 20.5.